The van der Waals surface area contributed by atoms with Gasteiger partial charge >= 0.3 is 0 Å². The van der Waals surface area contributed by atoms with Crippen molar-refractivity contribution in [2.45, 2.75) is 24.3 Å². The van der Waals surface area contributed by atoms with E-state index in [4.69, 9.17) is 5.11 Å². The summed E-state index contributed by atoms with van der Waals surface area (Å²) in [6, 6.07) is 3.04. The van der Waals surface area contributed by atoms with E-state index in [1.54, 1.807) is 13.2 Å². The smallest absolute Gasteiger partial charge is 0.172 e. The molecule has 1 atom stereocenters. The summed E-state index contributed by atoms with van der Waals surface area (Å²) in [7, 11) is 0. The van der Waals surface area contributed by atoms with Crippen molar-refractivity contribution in [1.29, 1.82) is 0 Å². The maximum absolute atomic E-state index is 13.3. The molecular weight excluding hydrogens is 206 g/mol. The van der Waals surface area contributed by atoms with Gasteiger partial charge in [-0.2, -0.15) is 0 Å². The van der Waals surface area contributed by atoms with Crippen LogP contribution in [-0.4, -0.2) is 17.5 Å². The quantitative estimate of drug-likeness (QED) is 0.787. The van der Waals surface area contributed by atoms with Crippen LogP contribution >= 0.6 is 11.8 Å². The molecule has 4 heteroatoms. The van der Waals surface area contributed by atoms with Gasteiger partial charge in [-0.3, -0.25) is 0 Å². The highest BCUT2D eigenvalue weighted by molar-refractivity contribution is 7.98. The van der Waals surface area contributed by atoms with E-state index in [9.17, 15) is 8.78 Å². The molecule has 0 saturated heterocycles. The Kier molecular flexibility index (Phi) is 3.89. The average molecular weight is 218 g/mol. The molecule has 78 valence electrons. The van der Waals surface area contributed by atoms with E-state index in [-0.39, 0.29) is 16.9 Å². The van der Waals surface area contributed by atoms with Crippen LogP contribution in [0.4, 0.5) is 8.78 Å². The standard InChI is InChI=1S/C10H12F2OS/c1-6(13)5-7-3-4-8(14-2)10(12)9(7)11/h3-4,6,13H,5H2,1-2H3. The van der Waals surface area contributed by atoms with Gasteiger partial charge < -0.3 is 5.11 Å². The normalized spacial score (nSPS) is 12.9. The number of thioether (sulfide) groups is 1. The summed E-state index contributed by atoms with van der Waals surface area (Å²) in [6.07, 6.45) is 1.16. The first-order chi connectivity index (χ1) is 6.56. The summed E-state index contributed by atoms with van der Waals surface area (Å²) in [4.78, 5) is 0.289. The van der Waals surface area contributed by atoms with Crippen molar-refractivity contribution >= 4 is 11.8 Å². The van der Waals surface area contributed by atoms with Crippen molar-refractivity contribution in [3.8, 4) is 0 Å². The van der Waals surface area contributed by atoms with Gasteiger partial charge in [0.2, 0.25) is 0 Å². The third kappa shape index (κ3) is 2.45. The van der Waals surface area contributed by atoms with Gasteiger partial charge in [0.15, 0.2) is 11.6 Å². The molecule has 0 saturated carbocycles. The Balaban J connectivity index is 3.04. The molecule has 1 unspecified atom stereocenters. The molecule has 0 aliphatic carbocycles. The highest BCUT2D eigenvalue weighted by atomic mass is 32.2. The van der Waals surface area contributed by atoms with E-state index >= 15 is 0 Å². The van der Waals surface area contributed by atoms with Crippen molar-refractivity contribution < 1.29 is 13.9 Å². The number of hydrogen-bond donors (Lipinski definition) is 1. The molecule has 0 aromatic heterocycles. The number of halogens is 2. The lowest BCUT2D eigenvalue weighted by Gasteiger charge is -2.08. The van der Waals surface area contributed by atoms with E-state index in [2.05, 4.69) is 0 Å². The summed E-state index contributed by atoms with van der Waals surface area (Å²) in [5, 5.41) is 9.05. The maximum atomic E-state index is 13.3. The third-order valence-electron chi connectivity index (χ3n) is 1.86. The van der Waals surface area contributed by atoms with Crippen LogP contribution < -0.4 is 0 Å². The Bertz CT molecular complexity index is 326. The molecular formula is C10H12F2OS. The molecule has 1 aromatic carbocycles. The van der Waals surface area contributed by atoms with Gasteiger partial charge in [-0.15, -0.1) is 11.8 Å². The second kappa shape index (κ2) is 4.75. The Hall–Kier alpha value is -0.610. The van der Waals surface area contributed by atoms with E-state index < -0.39 is 17.7 Å². The second-order valence-corrected chi connectivity index (χ2v) is 3.96. The zero-order chi connectivity index (χ0) is 10.7. The van der Waals surface area contributed by atoms with Gasteiger partial charge in [0.1, 0.15) is 0 Å². The lowest BCUT2D eigenvalue weighted by molar-refractivity contribution is 0.193. The molecule has 1 aromatic rings. The second-order valence-electron chi connectivity index (χ2n) is 3.11. The molecule has 0 spiro atoms. The van der Waals surface area contributed by atoms with Gasteiger partial charge in [-0.05, 0) is 24.8 Å². The molecule has 0 heterocycles. The number of rotatable bonds is 3. The maximum Gasteiger partial charge on any atom is 0.172 e. The minimum atomic E-state index is -0.849. The molecule has 0 aliphatic heterocycles. The topological polar surface area (TPSA) is 20.2 Å². The Morgan fingerprint density at radius 1 is 1.36 bits per heavy atom. The molecule has 1 rings (SSSR count). The van der Waals surface area contributed by atoms with Crippen LogP contribution in [0.2, 0.25) is 0 Å². The van der Waals surface area contributed by atoms with Crippen LogP contribution in [0.3, 0.4) is 0 Å². The SMILES string of the molecule is CSc1ccc(CC(C)O)c(F)c1F. The summed E-state index contributed by atoms with van der Waals surface area (Å²) >= 11 is 1.16. The largest absolute Gasteiger partial charge is 0.393 e. The number of aliphatic hydroxyl groups excluding tert-OH is 1. The predicted octanol–water partition coefficient (Wildman–Crippen LogP) is 2.61. The van der Waals surface area contributed by atoms with Crippen molar-refractivity contribution in [3.05, 3.63) is 29.3 Å². The zero-order valence-corrected chi connectivity index (χ0v) is 8.87. The molecule has 0 radical (unpaired) electrons. The van der Waals surface area contributed by atoms with Gasteiger partial charge in [0.05, 0.1) is 6.10 Å². The van der Waals surface area contributed by atoms with Crippen LogP contribution in [0.1, 0.15) is 12.5 Å². The summed E-state index contributed by atoms with van der Waals surface area (Å²) < 4.78 is 26.5. The molecule has 14 heavy (non-hydrogen) atoms. The monoisotopic (exact) mass is 218 g/mol. The van der Waals surface area contributed by atoms with Crippen LogP contribution in [0.15, 0.2) is 17.0 Å². The Morgan fingerprint density at radius 3 is 2.50 bits per heavy atom. The van der Waals surface area contributed by atoms with Gasteiger partial charge in [-0.25, -0.2) is 8.78 Å². The molecule has 0 fully saturated rings. The van der Waals surface area contributed by atoms with Crippen LogP contribution in [0.25, 0.3) is 0 Å². The zero-order valence-electron chi connectivity index (χ0n) is 8.05. The van der Waals surface area contributed by atoms with Gasteiger partial charge in [0.25, 0.3) is 0 Å². The lowest BCUT2D eigenvalue weighted by Crippen LogP contribution is -2.07. The average Bonchev–Trinajstić information content (AvgIpc) is 2.13. The van der Waals surface area contributed by atoms with E-state index in [0.29, 0.717) is 0 Å². The number of aliphatic hydroxyl groups is 1. The van der Waals surface area contributed by atoms with Crippen LogP contribution in [0.5, 0.6) is 0 Å². The predicted molar refractivity (Wildman–Crippen MR) is 53.5 cm³/mol. The first-order valence-corrected chi connectivity index (χ1v) is 5.47. The molecule has 1 N–H and O–H groups in total. The number of benzene rings is 1. The van der Waals surface area contributed by atoms with E-state index in [0.717, 1.165) is 11.8 Å². The molecule has 1 nitrogen and oxygen atoms in total. The minimum Gasteiger partial charge on any atom is -0.393 e. The van der Waals surface area contributed by atoms with E-state index in [1.165, 1.54) is 12.1 Å². The van der Waals surface area contributed by atoms with Gasteiger partial charge in [0, 0.05) is 11.3 Å². The first kappa shape index (κ1) is 11.5. The van der Waals surface area contributed by atoms with Crippen molar-refractivity contribution in [1.82, 2.24) is 0 Å². The first-order valence-electron chi connectivity index (χ1n) is 4.25. The number of hydrogen-bond acceptors (Lipinski definition) is 2. The van der Waals surface area contributed by atoms with Crippen molar-refractivity contribution in [3.63, 3.8) is 0 Å². The Labute approximate surface area is 86.1 Å². The Morgan fingerprint density at radius 2 is 2.00 bits per heavy atom. The highest BCUT2D eigenvalue weighted by Gasteiger charge is 2.13. The third-order valence-corrected chi connectivity index (χ3v) is 2.62. The van der Waals surface area contributed by atoms with Crippen LogP contribution in [-0.2, 0) is 6.42 Å². The van der Waals surface area contributed by atoms with Crippen LogP contribution in [0, 0.1) is 11.6 Å². The lowest BCUT2D eigenvalue weighted by atomic mass is 10.1. The molecule has 0 bridgehead atoms. The van der Waals surface area contributed by atoms with Gasteiger partial charge in [-0.1, -0.05) is 6.07 Å². The fraction of sp³-hybridized carbons (Fsp3) is 0.400. The minimum absolute atomic E-state index is 0.136. The summed E-state index contributed by atoms with van der Waals surface area (Å²) in [5.41, 5.74) is 0.218. The summed E-state index contributed by atoms with van der Waals surface area (Å²) in [5.74, 6) is -1.67. The summed E-state index contributed by atoms with van der Waals surface area (Å²) in [6.45, 7) is 1.54. The molecule has 0 amide bonds. The fourth-order valence-electron chi connectivity index (χ4n) is 1.21. The van der Waals surface area contributed by atoms with Crippen molar-refractivity contribution in [2.24, 2.45) is 0 Å². The molecule has 0 aliphatic rings. The van der Waals surface area contributed by atoms with Crippen molar-refractivity contribution in [2.75, 3.05) is 6.26 Å². The van der Waals surface area contributed by atoms with E-state index in [1.807, 2.05) is 0 Å². The fourth-order valence-corrected chi connectivity index (χ4v) is 1.68. The highest BCUT2D eigenvalue weighted by Crippen LogP contribution is 2.24.